The number of nitrogens with one attached hydrogen (secondary N) is 1. The molecule has 0 spiro atoms. The lowest BCUT2D eigenvalue weighted by Gasteiger charge is -2.29. The Morgan fingerprint density at radius 3 is 1.97 bits per heavy atom. The summed E-state index contributed by atoms with van der Waals surface area (Å²) in [5.41, 5.74) is 4.63. The normalized spacial score (nSPS) is 11.9. The number of nitrogens with zero attached hydrogens (tertiary/aromatic N) is 1. The zero-order valence-corrected chi connectivity index (χ0v) is 19.6. The summed E-state index contributed by atoms with van der Waals surface area (Å²) in [6.07, 6.45) is 0. The topological polar surface area (TPSA) is 49.4 Å². The molecule has 162 valence electrons. The van der Waals surface area contributed by atoms with E-state index in [-0.39, 0.29) is 11.8 Å². The molecule has 1 atom stereocenters. The molecule has 4 nitrogen and oxygen atoms in total. The molecule has 0 unspecified atom stereocenters. The van der Waals surface area contributed by atoms with Crippen molar-refractivity contribution in [3.05, 3.63) is 70.8 Å². The summed E-state index contributed by atoms with van der Waals surface area (Å²) in [6.45, 7) is 11.1. The van der Waals surface area contributed by atoms with Crippen molar-refractivity contribution < 1.29 is 9.59 Å². The van der Waals surface area contributed by atoms with Crippen molar-refractivity contribution >= 4 is 23.6 Å². The second-order valence-electron chi connectivity index (χ2n) is 8.30. The van der Waals surface area contributed by atoms with E-state index >= 15 is 0 Å². The number of amides is 2. The number of hydrogen-bond donors (Lipinski definition) is 1. The monoisotopic (exact) mass is 426 g/mol. The first-order valence-electron chi connectivity index (χ1n) is 10.5. The van der Waals surface area contributed by atoms with Crippen LogP contribution in [0.15, 0.2) is 48.5 Å². The van der Waals surface area contributed by atoms with Crippen LogP contribution >= 0.6 is 11.8 Å². The van der Waals surface area contributed by atoms with Gasteiger partial charge in [-0.15, -0.1) is 11.8 Å². The number of carbonyl (C=O) groups is 2. The fourth-order valence-corrected chi connectivity index (χ4v) is 3.82. The Bertz CT molecular complexity index is 816. The molecule has 2 aromatic rings. The fourth-order valence-electron chi connectivity index (χ4n) is 2.95. The number of aryl methyl sites for hydroxylation is 2. The Balaban J connectivity index is 2.04. The Labute approximate surface area is 185 Å². The third-order valence-corrected chi connectivity index (χ3v) is 5.93. The van der Waals surface area contributed by atoms with Crippen LogP contribution in [0, 0.1) is 19.8 Å². The summed E-state index contributed by atoms with van der Waals surface area (Å²) in [6, 6.07) is 16.0. The minimum atomic E-state index is -0.516. The molecular formula is C25H34N2O2S. The third kappa shape index (κ3) is 7.86. The van der Waals surface area contributed by atoms with Crippen LogP contribution in [0.25, 0.3) is 0 Å². The van der Waals surface area contributed by atoms with Crippen LogP contribution in [0.4, 0.5) is 0 Å². The minimum Gasteiger partial charge on any atom is -0.354 e. The molecule has 0 bridgehead atoms. The average molecular weight is 427 g/mol. The lowest BCUT2D eigenvalue weighted by Crippen LogP contribution is -2.48. The standard InChI is InChI=1S/C25H34N2O2S/c1-18(2)14-26-25(29)21(5)27(15-22-10-6-19(3)7-11-22)24(28)17-30-16-23-12-8-20(4)9-13-23/h6-13,18,21H,14-17H2,1-5H3,(H,26,29)/t21-/m0/s1. The number of rotatable bonds is 10. The zero-order chi connectivity index (χ0) is 22.1. The van der Waals surface area contributed by atoms with Gasteiger partial charge in [-0.25, -0.2) is 0 Å². The summed E-state index contributed by atoms with van der Waals surface area (Å²) in [5.74, 6) is 1.37. The molecule has 0 aliphatic heterocycles. The van der Waals surface area contributed by atoms with E-state index in [1.54, 1.807) is 16.7 Å². The number of hydrogen-bond acceptors (Lipinski definition) is 3. The molecular weight excluding hydrogens is 392 g/mol. The molecule has 0 aliphatic rings. The first-order valence-corrected chi connectivity index (χ1v) is 11.7. The average Bonchev–Trinajstić information content (AvgIpc) is 2.72. The van der Waals surface area contributed by atoms with Gasteiger partial charge in [0.25, 0.3) is 0 Å². The van der Waals surface area contributed by atoms with Gasteiger partial charge in [0, 0.05) is 18.8 Å². The second-order valence-corrected chi connectivity index (χ2v) is 9.29. The molecule has 2 amide bonds. The van der Waals surface area contributed by atoms with Gasteiger partial charge in [-0.2, -0.15) is 0 Å². The molecule has 0 heterocycles. The Morgan fingerprint density at radius 1 is 0.900 bits per heavy atom. The summed E-state index contributed by atoms with van der Waals surface area (Å²) in [5, 5.41) is 2.96. The predicted molar refractivity (Wildman–Crippen MR) is 126 cm³/mol. The number of benzene rings is 2. The van der Waals surface area contributed by atoms with Crippen LogP contribution in [-0.2, 0) is 21.9 Å². The van der Waals surface area contributed by atoms with Gasteiger partial charge < -0.3 is 10.2 Å². The van der Waals surface area contributed by atoms with Crippen LogP contribution in [-0.4, -0.2) is 35.1 Å². The summed E-state index contributed by atoms with van der Waals surface area (Å²) in [7, 11) is 0. The highest BCUT2D eigenvalue weighted by atomic mass is 32.2. The van der Waals surface area contributed by atoms with Crippen molar-refractivity contribution in [3.8, 4) is 0 Å². The second kappa shape index (κ2) is 11.8. The molecule has 0 fully saturated rings. The maximum atomic E-state index is 13.1. The molecule has 0 saturated heterocycles. The van der Waals surface area contributed by atoms with Crippen LogP contribution < -0.4 is 5.32 Å². The molecule has 2 aromatic carbocycles. The van der Waals surface area contributed by atoms with Crippen molar-refractivity contribution in [3.63, 3.8) is 0 Å². The van der Waals surface area contributed by atoms with Crippen molar-refractivity contribution in [2.75, 3.05) is 12.3 Å². The van der Waals surface area contributed by atoms with Crippen LogP contribution in [0.1, 0.15) is 43.0 Å². The molecule has 5 heteroatoms. The van der Waals surface area contributed by atoms with E-state index in [9.17, 15) is 9.59 Å². The minimum absolute atomic E-state index is 0.0140. The van der Waals surface area contributed by atoms with E-state index in [4.69, 9.17) is 0 Å². The first-order chi connectivity index (χ1) is 14.3. The van der Waals surface area contributed by atoms with E-state index < -0.39 is 6.04 Å². The molecule has 30 heavy (non-hydrogen) atoms. The third-order valence-electron chi connectivity index (χ3n) is 4.94. The molecule has 0 radical (unpaired) electrons. The molecule has 0 aliphatic carbocycles. The lowest BCUT2D eigenvalue weighted by molar-refractivity contribution is -0.138. The van der Waals surface area contributed by atoms with Gasteiger partial charge >= 0.3 is 0 Å². The van der Waals surface area contributed by atoms with E-state index in [1.165, 1.54) is 16.7 Å². The van der Waals surface area contributed by atoms with Crippen molar-refractivity contribution in [2.24, 2.45) is 5.92 Å². The van der Waals surface area contributed by atoms with E-state index in [1.807, 2.05) is 38.1 Å². The number of thioether (sulfide) groups is 1. The van der Waals surface area contributed by atoms with Gasteiger partial charge in [-0.1, -0.05) is 73.5 Å². The van der Waals surface area contributed by atoms with Crippen molar-refractivity contribution in [1.82, 2.24) is 10.2 Å². The quantitative estimate of drug-likeness (QED) is 0.598. The smallest absolute Gasteiger partial charge is 0.242 e. The fraction of sp³-hybridized carbons (Fsp3) is 0.440. The lowest BCUT2D eigenvalue weighted by atomic mass is 10.1. The molecule has 2 rings (SSSR count). The van der Waals surface area contributed by atoms with E-state index in [0.717, 1.165) is 11.3 Å². The summed E-state index contributed by atoms with van der Waals surface area (Å²) < 4.78 is 0. The van der Waals surface area contributed by atoms with Crippen LogP contribution in [0.2, 0.25) is 0 Å². The molecule has 1 N–H and O–H groups in total. The highest BCUT2D eigenvalue weighted by Crippen LogP contribution is 2.17. The van der Waals surface area contributed by atoms with E-state index in [0.29, 0.717) is 24.8 Å². The molecule has 0 saturated carbocycles. The maximum absolute atomic E-state index is 13.1. The Hall–Kier alpha value is -2.27. The van der Waals surface area contributed by atoms with Gasteiger partial charge in [-0.3, -0.25) is 9.59 Å². The van der Waals surface area contributed by atoms with Gasteiger partial charge in [-0.05, 0) is 37.8 Å². The Morgan fingerprint density at radius 2 is 1.43 bits per heavy atom. The van der Waals surface area contributed by atoms with Crippen LogP contribution in [0.3, 0.4) is 0 Å². The van der Waals surface area contributed by atoms with Gasteiger partial charge in [0.2, 0.25) is 11.8 Å². The van der Waals surface area contributed by atoms with Gasteiger partial charge in [0.15, 0.2) is 0 Å². The number of carbonyl (C=O) groups excluding carboxylic acids is 2. The highest BCUT2D eigenvalue weighted by Gasteiger charge is 2.26. The first kappa shape index (κ1) is 24.0. The summed E-state index contributed by atoms with van der Waals surface area (Å²) >= 11 is 1.59. The largest absolute Gasteiger partial charge is 0.354 e. The van der Waals surface area contributed by atoms with Crippen molar-refractivity contribution in [2.45, 2.75) is 53.0 Å². The SMILES string of the molecule is Cc1ccc(CSCC(=O)N(Cc2ccc(C)cc2)[C@@H](C)C(=O)NCC(C)C)cc1. The highest BCUT2D eigenvalue weighted by molar-refractivity contribution is 7.99. The molecule has 0 aromatic heterocycles. The van der Waals surface area contributed by atoms with Gasteiger partial charge in [0.05, 0.1) is 5.75 Å². The predicted octanol–water partition coefficient (Wildman–Crippen LogP) is 4.73. The van der Waals surface area contributed by atoms with Gasteiger partial charge in [0.1, 0.15) is 6.04 Å². The van der Waals surface area contributed by atoms with Crippen LogP contribution in [0.5, 0.6) is 0 Å². The zero-order valence-electron chi connectivity index (χ0n) is 18.8. The Kier molecular flexibility index (Phi) is 9.44. The maximum Gasteiger partial charge on any atom is 0.242 e. The van der Waals surface area contributed by atoms with Crippen molar-refractivity contribution in [1.29, 1.82) is 0 Å². The van der Waals surface area contributed by atoms with E-state index in [2.05, 4.69) is 50.4 Å². The summed E-state index contributed by atoms with van der Waals surface area (Å²) in [4.78, 5) is 27.4.